The second-order valence-electron chi connectivity index (χ2n) is 4.91. The lowest BCUT2D eigenvalue weighted by Gasteiger charge is -2.31. The molecule has 5 nitrogen and oxygen atoms in total. The second kappa shape index (κ2) is 8.42. The van der Waals surface area contributed by atoms with Crippen molar-refractivity contribution >= 4 is 11.9 Å². The van der Waals surface area contributed by atoms with Gasteiger partial charge in [-0.15, -0.1) is 0 Å². The van der Waals surface area contributed by atoms with Gasteiger partial charge >= 0.3 is 5.97 Å². The van der Waals surface area contributed by atoms with Crippen LogP contribution in [0.4, 0.5) is 0 Å². The van der Waals surface area contributed by atoms with E-state index in [9.17, 15) is 9.59 Å². The first kappa shape index (κ1) is 17.2. The van der Waals surface area contributed by atoms with E-state index in [2.05, 4.69) is 0 Å². The summed E-state index contributed by atoms with van der Waals surface area (Å²) < 4.78 is 4.81. The molecule has 0 bridgehead atoms. The van der Waals surface area contributed by atoms with Gasteiger partial charge in [0.2, 0.25) is 5.91 Å². The number of benzene rings is 1. The fraction of sp³-hybridized carbons (Fsp3) is 0.500. The molecule has 1 amide bonds. The quantitative estimate of drug-likeness (QED) is 0.776. The zero-order chi connectivity index (χ0) is 15.8. The standard InChI is InChI=1S/C16H24N2O3/c1-4-13(17)15(19)18(14(5-2)16(20)21-3)11-12-9-7-6-8-10-12/h6-10,13-14H,4-5,11,17H2,1-3H3/t13-,14+/m1/s1. The molecular weight excluding hydrogens is 268 g/mol. The van der Waals surface area contributed by atoms with E-state index in [0.29, 0.717) is 19.4 Å². The Balaban J connectivity index is 3.03. The Kier molecular flexibility index (Phi) is 6.88. The topological polar surface area (TPSA) is 72.6 Å². The Morgan fingerprint density at radius 2 is 1.81 bits per heavy atom. The van der Waals surface area contributed by atoms with Gasteiger partial charge in [0, 0.05) is 6.54 Å². The summed E-state index contributed by atoms with van der Waals surface area (Å²) in [6.45, 7) is 4.05. The molecule has 21 heavy (non-hydrogen) atoms. The molecule has 5 heteroatoms. The van der Waals surface area contributed by atoms with Crippen LogP contribution in [0.5, 0.6) is 0 Å². The van der Waals surface area contributed by atoms with Crippen molar-refractivity contribution in [3.63, 3.8) is 0 Å². The molecule has 2 atom stereocenters. The number of rotatable bonds is 7. The molecular formula is C16H24N2O3. The van der Waals surface area contributed by atoms with Gasteiger partial charge in [-0.05, 0) is 18.4 Å². The average Bonchev–Trinajstić information content (AvgIpc) is 2.53. The molecule has 2 N–H and O–H groups in total. The van der Waals surface area contributed by atoms with Gasteiger partial charge in [0.25, 0.3) is 0 Å². The van der Waals surface area contributed by atoms with Gasteiger partial charge in [-0.1, -0.05) is 44.2 Å². The van der Waals surface area contributed by atoms with Crippen molar-refractivity contribution in [2.24, 2.45) is 5.73 Å². The number of methoxy groups -OCH3 is 1. The summed E-state index contributed by atoms with van der Waals surface area (Å²) in [6, 6.07) is 8.33. The highest BCUT2D eigenvalue weighted by Crippen LogP contribution is 2.14. The second-order valence-corrected chi connectivity index (χ2v) is 4.91. The van der Waals surface area contributed by atoms with Gasteiger partial charge in [0.05, 0.1) is 13.2 Å². The van der Waals surface area contributed by atoms with Crippen molar-refractivity contribution in [3.8, 4) is 0 Å². The molecule has 0 fully saturated rings. The van der Waals surface area contributed by atoms with Crippen molar-refractivity contribution in [1.29, 1.82) is 0 Å². The van der Waals surface area contributed by atoms with Gasteiger partial charge in [0.15, 0.2) is 0 Å². The van der Waals surface area contributed by atoms with Crippen LogP contribution in [-0.2, 0) is 20.9 Å². The van der Waals surface area contributed by atoms with Crippen LogP contribution in [0.1, 0.15) is 32.3 Å². The van der Waals surface area contributed by atoms with Gasteiger partial charge in [-0.3, -0.25) is 4.79 Å². The van der Waals surface area contributed by atoms with Crippen LogP contribution < -0.4 is 5.73 Å². The highest BCUT2D eigenvalue weighted by Gasteiger charge is 2.31. The van der Waals surface area contributed by atoms with E-state index in [4.69, 9.17) is 10.5 Å². The minimum Gasteiger partial charge on any atom is -0.467 e. The molecule has 0 spiro atoms. The Hall–Kier alpha value is -1.88. The SMILES string of the molecule is CC[C@@H](N)C(=O)N(Cc1ccccc1)[C@@H](CC)C(=O)OC. The molecule has 0 radical (unpaired) electrons. The Morgan fingerprint density at radius 1 is 1.19 bits per heavy atom. The number of nitrogens with two attached hydrogens (primary N) is 1. The number of nitrogens with zero attached hydrogens (tertiary/aromatic N) is 1. The van der Waals surface area contributed by atoms with Crippen LogP contribution in [0.3, 0.4) is 0 Å². The molecule has 0 aliphatic carbocycles. The van der Waals surface area contributed by atoms with E-state index >= 15 is 0 Å². The molecule has 0 saturated carbocycles. The maximum absolute atomic E-state index is 12.5. The Labute approximate surface area is 126 Å². The maximum Gasteiger partial charge on any atom is 0.328 e. The number of amides is 1. The molecule has 0 aromatic heterocycles. The minimum atomic E-state index is -0.611. The number of hydrogen-bond donors (Lipinski definition) is 1. The van der Waals surface area contributed by atoms with Gasteiger partial charge in [-0.25, -0.2) is 4.79 Å². The fourth-order valence-corrected chi connectivity index (χ4v) is 2.16. The van der Waals surface area contributed by atoms with E-state index in [0.717, 1.165) is 5.56 Å². The third-order valence-corrected chi connectivity index (χ3v) is 3.47. The van der Waals surface area contributed by atoms with E-state index in [-0.39, 0.29) is 5.91 Å². The summed E-state index contributed by atoms with van der Waals surface area (Å²) in [5.41, 5.74) is 6.82. The highest BCUT2D eigenvalue weighted by atomic mass is 16.5. The lowest BCUT2D eigenvalue weighted by atomic mass is 10.1. The number of esters is 1. The van der Waals surface area contributed by atoms with Crippen LogP contribution in [-0.4, -0.2) is 36.0 Å². The lowest BCUT2D eigenvalue weighted by molar-refractivity contribution is -0.154. The van der Waals surface area contributed by atoms with Crippen LogP contribution in [0.25, 0.3) is 0 Å². The largest absolute Gasteiger partial charge is 0.467 e. The highest BCUT2D eigenvalue weighted by molar-refractivity contribution is 5.87. The zero-order valence-corrected chi connectivity index (χ0v) is 12.9. The molecule has 1 aromatic carbocycles. The van der Waals surface area contributed by atoms with Crippen LogP contribution in [0, 0.1) is 0 Å². The van der Waals surface area contributed by atoms with Crippen molar-refractivity contribution in [2.45, 2.75) is 45.3 Å². The summed E-state index contributed by atoms with van der Waals surface area (Å²) >= 11 is 0. The smallest absolute Gasteiger partial charge is 0.328 e. The molecule has 1 aromatic rings. The fourth-order valence-electron chi connectivity index (χ4n) is 2.16. The molecule has 0 saturated heterocycles. The van der Waals surface area contributed by atoms with Crippen LogP contribution in [0.2, 0.25) is 0 Å². The Bertz CT molecular complexity index is 462. The molecule has 0 aliphatic heterocycles. The third-order valence-electron chi connectivity index (χ3n) is 3.47. The van der Waals surface area contributed by atoms with Crippen molar-refractivity contribution in [1.82, 2.24) is 4.90 Å². The van der Waals surface area contributed by atoms with Crippen molar-refractivity contribution in [3.05, 3.63) is 35.9 Å². The minimum absolute atomic E-state index is 0.224. The third kappa shape index (κ3) is 4.56. The van der Waals surface area contributed by atoms with E-state index in [1.807, 2.05) is 44.2 Å². The average molecular weight is 292 g/mol. The summed E-state index contributed by atoms with van der Waals surface area (Å²) in [6.07, 6.45) is 1.02. The van der Waals surface area contributed by atoms with Gasteiger partial charge < -0.3 is 15.4 Å². The summed E-state index contributed by atoms with van der Waals surface area (Å²) in [7, 11) is 1.33. The number of ether oxygens (including phenoxy) is 1. The number of carbonyl (C=O) groups is 2. The van der Waals surface area contributed by atoms with Gasteiger partial charge in [-0.2, -0.15) is 0 Å². The van der Waals surface area contributed by atoms with Gasteiger partial charge in [0.1, 0.15) is 6.04 Å². The van der Waals surface area contributed by atoms with Crippen LogP contribution >= 0.6 is 0 Å². The van der Waals surface area contributed by atoms with Crippen LogP contribution in [0.15, 0.2) is 30.3 Å². The van der Waals surface area contributed by atoms with E-state index in [1.54, 1.807) is 0 Å². The molecule has 116 valence electrons. The summed E-state index contributed by atoms with van der Waals surface area (Å²) in [5, 5.41) is 0. The molecule has 0 aliphatic rings. The summed E-state index contributed by atoms with van der Waals surface area (Å²) in [5.74, 6) is -0.635. The van der Waals surface area contributed by atoms with Crippen molar-refractivity contribution in [2.75, 3.05) is 7.11 Å². The number of carbonyl (C=O) groups excluding carboxylic acids is 2. The predicted molar refractivity (Wildman–Crippen MR) is 81.4 cm³/mol. The zero-order valence-electron chi connectivity index (χ0n) is 12.9. The first-order valence-electron chi connectivity index (χ1n) is 7.22. The first-order chi connectivity index (χ1) is 10.0. The van der Waals surface area contributed by atoms with E-state index < -0.39 is 18.1 Å². The summed E-state index contributed by atoms with van der Waals surface area (Å²) in [4.78, 5) is 25.9. The maximum atomic E-state index is 12.5. The normalized spacial score (nSPS) is 13.3. The van der Waals surface area contributed by atoms with Crippen molar-refractivity contribution < 1.29 is 14.3 Å². The monoisotopic (exact) mass is 292 g/mol. The Morgan fingerprint density at radius 3 is 2.29 bits per heavy atom. The van der Waals surface area contributed by atoms with E-state index in [1.165, 1.54) is 12.0 Å². The molecule has 0 heterocycles. The number of hydrogen-bond acceptors (Lipinski definition) is 4. The predicted octanol–water partition coefficient (Wildman–Crippen LogP) is 1.70. The molecule has 0 unspecified atom stereocenters. The first-order valence-corrected chi connectivity index (χ1v) is 7.22. The lowest BCUT2D eigenvalue weighted by Crippen LogP contribution is -2.51. The molecule has 1 rings (SSSR count).